The standard InChI is InChI=1S/C22H23N3O2S2/c1-27-19-9-7-18(8-10-19)24-11-13-25(14-12-24)21(26)16-29-22-23-20(15-28-22)17-5-3-2-4-6-17/h2-10,15H,11-14,16H2,1H3. The molecule has 1 amide bonds. The number of ether oxygens (including phenoxy) is 1. The molecule has 1 fully saturated rings. The summed E-state index contributed by atoms with van der Waals surface area (Å²) in [4.78, 5) is 21.5. The van der Waals surface area contributed by atoms with E-state index in [0.29, 0.717) is 5.75 Å². The number of thiazole rings is 1. The normalized spacial score (nSPS) is 14.1. The first kappa shape index (κ1) is 19.8. The topological polar surface area (TPSA) is 45.7 Å². The summed E-state index contributed by atoms with van der Waals surface area (Å²) in [7, 11) is 1.67. The van der Waals surface area contributed by atoms with Crippen molar-refractivity contribution in [1.82, 2.24) is 9.88 Å². The van der Waals surface area contributed by atoms with Gasteiger partial charge >= 0.3 is 0 Å². The molecule has 29 heavy (non-hydrogen) atoms. The summed E-state index contributed by atoms with van der Waals surface area (Å²) in [6, 6.07) is 18.2. The smallest absolute Gasteiger partial charge is 0.233 e. The van der Waals surface area contributed by atoms with Crippen LogP contribution in [-0.2, 0) is 4.79 Å². The zero-order valence-electron chi connectivity index (χ0n) is 16.3. The van der Waals surface area contributed by atoms with Crippen molar-refractivity contribution >= 4 is 34.7 Å². The summed E-state index contributed by atoms with van der Waals surface area (Å²) in [5, 5.41) is 2.05. The summed E-state index contributed by atoms with van der Waals surface area (Å²) in [5.74, 6) is 1.47. The monoisotopic (exact) mass is 425 g/mol. The molecule has 0 radical (unpaired) electrons. The highest BCUT2D eigenvalue weighted by atomic mass is 32.2. The molecule has 0 bridgehead atoms. The highest BCUT2D eigenvalue weighted by Crippen LogP contribution is 2.28. The van der Waals surface area contributed by atoms with Crippen LogP contribution < -0.4 is 9.64 Å². The molecule has 0 aliphatic carbocycles. The van der Waals surface area contributed by atoms with Gasteiger partial charge in [-0.3, -0.25) is 4.79 Å². The molecule has 3 aromatic rings. The van der Waals surface area contributed by atoms with E-state index in [0.717, 1.165) is 47.5 Å². The summed E-state index contributed by atoms with van der Waals surface area (Å²) in [6.07, 6.45) is 0. The maximum absolute atomic E-state index is 12.6. The SMILES string of the molecule is COc1ccc(N2CCN(C(=O)CSc3nc(-c4ccccc4)cs3)CC2)cc1. The quantitative estimate of drug-likeness (QED) is 0.552. The Balaban J connectivity index is 1.26. The van der Waals surface area contributed by atoms with Crippen LogP contribution in [0.5, 0.6) is 5.75 Å². The van der Waals surface area contributed by atoms with Crippen LogP contribution in [0, 0.1) is 0 Å². The molecule has 2 aromatic carbocycles. The Morgan fingerprint density at radius 1 is 1.07 bits per heavy atom. The molecule has 1 aliphatic rings. The molecule has 5 nitrogen and oxygen atoms in total. The van der Waals surface area contributed by atoms with Crippen molar-refractivity contribution in [3.63, 3.8) is 0 Å². The van der Waals surface area contributed by atoms with Crippen LogP contribution >= 0.6 is 23.1 Å². The molecule has 0 spiro atoms. The van der Waals surface area contributed by atoms with Gasteiger partial charge in [0.1, 0.15) is 5.75 Å². The first-order valence-corrected chi connectivity index (χ1v) is 11.4. The number of hydrogen-bond acceptors (Lipinski definition) is 6. The van der Waals surface area contributed by atoms with Gasteiger partial charge < -0.3 is 14.5 Å². The maximum Gasteiger partial charge on any atom is 0.233 e. The van der Waals surface area contributed by atoms with E-state index in [2.05, 4.69) is 39.5 Å². The van der Waals surface area contributed by atoms with Crippen molar-refractivity contribution < 1.29 is 9.53 Å². The third kappa shape index (κ3) is 4.92. The number of thioether (sulfide) groups is 1. The minimum absolute atomic E-state index is 0.181. The first-order chi connectivity index (χ1) is 14.2. The van der Waals surface area contributed by atoms with Crippen molar-refractivity contribution in [1.29, 1.82) is 0 Å². The first-order valence-electron chi connectivity index (χ1n) is 9.53. The number of hydrogen-bond donors (Lipinski definition) is 0. The number of piperazine rings is 1. The fraction of sp³-hybridized carbons (Fsp3) is 0.273. The average molecular weight is 426 g/mol. The second-order valence-corrected chi connectivity index (χ2v) is 8.80. The van der Waals surface area contributed by atoms with Gasteiger partial charge in [0.25, 0.3) is 0 Å². The molecular formula is C22H23N3O2S2. The van der Waals surface area contributed by atoms with Gasteiger partial charge in [0.2, 0.25) is 5.91 Å². The molecule has 0 N–H and O–H groups in total. The Bertz CT molecular complexity index is 936. The van der Waals surface area contributed by atoms with Gasteiger partial charge in [0.05, 0.1) is 18.6 Å². The Kier molecular flexibility index (Phi) is 6.36. The molecule has 1 aliphatic heterocycles. The predicted octanol–water partition coefficient (Wildman–Crippen LogP) is 4.26. The second-order valence-electron chi connectivity index (χ2n) is 6.72. The van der Waals surface area contributed by atoms with E-state index in [4.69, 9.17) is 4.74 Å². The number of methoxy groups -OCH3 is 1. The molecule has 1 aromatic heterocycles. The van der Waals surface area contributed by atoms with Crippen LogP contribution in [0.4, 0.5) is 5.69 Å². The zero-order chi connectivity index (χ0) is 20.1. The third-order valence-corrected chi connectivity index (χ3v) is 6.95. The van der Waals surface area contributed by atoms with Crippen LogP contribution in [0.3, 0.4) is 0 Å². The molecule has 1 saturated heterocycles. The highest BCUT2D eigenvalue weighted by molar-refractivity contribution is 8.01. The fourth-order valence-corrected chi connectivity index (χ4v) is 5.02. The molecule has 0 saturated carbocycles. The van der Waals surface area contributed by atoms with Crippen molar-refractivity contribution in [2.45, 2.75) is 4.34 Å². The van der Waals surface area contributed by atoms with Gasteiger partial charge in [-0.15, -0.1) is 11.3 Å². The number of carbonyl (C=O) groups excluding carboxylic acids is 1. The van der Waals surface area contributed by atoms with E-state index in [1.54, 1.807) is 18.4 Å². The van der Waals surface area contributed by atoms with E-state index in [1.165, 1.54) is 17.4 Å². The minimum atomic E-state index is 0.181. The Morgan fingerprint density at radius 3 is 2.48 bits per heavy atom. The van der Waals surface area contributed by atoms with Crippen LogP contribution in [0.25, 0.3) is 11.3 Å². The summed E-state index contributed by atoms with van der Waals surface area (Å²) in [5.41, 5.74) is 3.25. The lowest BCUT2D eigenvalue weighted by molar-refractivity contribution is -0.128. The number of benzene rings is 2. The fourth-order valence-electron chi connectivity index (χ4n) is 3.29. The summed E-state index contributed by atoms with van der Waals surface area (Å²) >= 11 is 3.12. The molecule has 7 heteroatoms. The number of anilines is 1. The second kappa shape index (κ2) is 9.33. The summed E-state index contributed by atoms with van der Waals surface area (Å²) < 4.78 is 6.16. The van der Waals surface area contributed by atoms with Crippen molar-refractivity contribution in [3.8, 4) is 17.0 Å². The van der Waals surface area contributed by atoms with Crippen LogP contribution in [0.15, 0.2) is 64.3 Å². The van der Waals surface area contributed by atoms with Gasteiger partial charge in [-0.1, -0.05) is 42.1 Å². The van der Waals surface area contributed by atoms with Gasteiger partial charge in [0.15, 0.2) is 4.34 Å². The lowest BCUT2D eigenvalue weighted by Gasteiger charge is -2.36. The molecule has 0 atom stereocenters. The number of rotatable bonds is 6. The number of carbonyl (C=O) groups is 1. The highest BCUT2D eigenvalue weighted by Gasteiger charge is 2.21. The lowest BCUT2D eigenvalue weighted by atomic mass is 10.2. The Hall–Kier alpha value is -2.51. The lowest BCUT2D eigenvalue weighted by Crippen LogP contribution is -2.49. The molecule has 0 unspecified atom stereocenters. The van der Waals surface area contributed by atoms with Crippen LogP contribution in [0.2, 0.25) is 0 Å². The Labute approximate surface area is 179 Å². The van der Waals surface area contributed by atoms with Crippen molar-refractivity contribution in [2.75, 3.05) is 43.9 Å². The summed E-state index contributed by atoms with van der Waals surface area (Å²) in [6.45, 7) is 3.19. The van der Waals surface area contributed by atoms with E-state index in [9.17, 15) is 4.79 Å². The van der Waals surface area contributed by atoms with Gasteiger partial charge in [-0.05, 0) is 24.3 Å². The molecule has 150 valence electrons. The van der Waals surface area contributed by atoms with Crippen molar-refractivity contribution in [2.24, 2.45) is 0 Å². The van der Waals surface area contributed by atoms with E-state index < -0.39 is 0 Å². The Morgan fingerprint density at radius 2 is 1.79 bits per heavy atom. The van der Waals surface area contributed by atoms with Gasteiger partial charge in [-0.2, -0.15) is 0 Å². The molecular weight excluding hydrogens is 402 g/mol. The maximum atomic E-state index is 12.6. The number of amides is 1. The van der Waals surface area contributed by atoms with Crippen LogP contribution in [-0.4, -0.2) is 54.8 Å². The largest absolute Gasteiger partial charge is 0.497 e. The van der Waals surface area contributed by atoms with Crippen LogP contribution in [0.1, 0.15) is 0 Å². The van der Waals surface area contributed by atoms with E-state index >= 15 is 0 Å². The van der Waals surface area contributed by atoms with Gasteiger partial charge in [0, 0.05) is 42.8 Å². The molecule has 4 rings (SSSR count). The number of nitrogens with zero attached hydrogens (tertiary/aromatic N) is 3. The van der Waals surface area contributed by atoms with E-state index in [1.807, 2.05) is 35.2 Å². The van der Waals surface area contributed by atoms with Crippen molar-refractivity contribution in [3.05, 3.63) is 60.0 Å². The van der Waals surface area contributed by atoms with E-state index in [-0.39, 0.29) is 5.91 Å². The van der Waals surface area contributed by atoms with Gasteiger partial charge in [-0.25, -0.2) is 4.98 Å². The predicted molar refractivity (Wildman–Crippen MR) is 120 cm³/mol. The minimum Gasteiger partial charge on any atom is -0.497 e. The third-order valence-electron chi connectivity index (χ3n) is 4.94. The number of aromatic nitrogens is 1. The molecule has 2 heterocycles. The average Bonchev–Trinajstić information content (AvgIpc) is 3.27. The zero-order valence-corrected chi connectivity index (χ0v) is 17.9.